The Morgan fingerprint density at radius 3 is 1.55 bits per heavy atom. The lowest BCUT2D eigenvalue weighted by molar-refractivity contribution is -0.264. The average Bonchev–Trinajstić information content (AvgIpc) is 4.16. The van der Waals surface area contributed by atoms with Gasteiger partial charge in [0.05, 0.1) is 88.6 Å². The predicted octanol–water partition coefficient (Wildman–Crippen LogP) is 4.06. The summed E-state index contributed by atoms with van der Waals surface area (Å²) in [6.07, 6.45) is 21.0. The fourth-order valence-electron chi connectivity index (χ4n) is 8.42. The molecule has 0 aromatic carbocycles. The van der Waals surface area contributed by atoms with Gasteiger partial charge in [0, 0.05) is 60.1 Å². The Labute approximate surface area is 458 Å². The minimum absolute atomic E-state index is 0. The number of H-pyrrole nitrogens is 3. The summed E-state index contributed by atoms with van der Waals surface area (Å²) in [5.74, 6) is -0.462. The Hall–Kier alpha value is -4.34. The van der Waals surface area contributed by atoms with E-state index in [1.165, 1.54) is 31.6 Å². The van der Waals surface area contributed by atoms with Crippen molar-refractivity contribution in [2.75, 3.05) is 86.4 Å². The van der Waals surface area contributed by atoms with Crippen molar-refractivity contribution < 1.29 is 51.2 Å². The summed E-state index contributed by atoms with van der Waals surface area (Å²) in [5, 5.41) is 21.1. The molecule has 0 spiro atoms. The predicted molar refractivity (Wildman–Crippen MR) is 297 cm³/mol. The Bertz CT molecular complexity index is 2620. The molecule has 0 bridgehead atoms. The van der Waals surface area contributed by atoms with E-state index in [1.807, 2.05) is 66.8 Å². The highest BCUT2D eigenvalue weighted by molar-refractivity contribution is 7.85. The van der Waals surface area contributed by atoms with Crippen LogP contribution < -0.4 is 27.7 Å². The van der Waals surface area contributed by atoms with Crippen LogP contribution in [0.25, 0.3) is 17.2 Å². The van der Waals surface area contributed by atoms with Crippen LogP contribution in [-0.4, -0.2) is 152 Å². The van der Waals surface area contributed by atoms with Crippen LogP contribution in [0.1, 0.15) is 114 Å². The maximum absolute atomic E-state index is 11.7. The van der Waals surface area contributed by atoms with E-state index in [2.05, 4.69) is 51.2 Å². The average molecular weight is 1130 g/mol. The molecule has 0 radical (unpaired) electrons. The molecular weight excluding hydrogens is 1040 g/mol. The van der Waals surface area contributed by atoms with E-state index < -0.39 is 21.7 Å². The van der Waals surface area contributed by atoms with Gasteiger partial charge in [-0.2, -0.15) is 8.42 Å². The third kappa shape index (κ3) is 23.1. The maximum atomic E-state index is 11.7. The van der Waals surface area contributed by atoms with E-state index in [9.17, 15) is 22.8 Å². The molecule has 77 heavy (non-hydrogen) atoms. The van der Waals surface area contributed by atoms with Crippen LogP contribution in [0.3, 0.4) is 0 Å². The van der Waals surface area contributed by atoms with Crippen LogP contribution in [-0.2, 0) is 62.0 Å². The first kappa shape index (κ1) is 66.9. The van der Waals surface area contributed by atoms with Crippen LogP contribution in [0.4, 0.5) is 0 Å². The van der Waals surface area contributed by atoms with Gasteiger partial charge < -0.3 is 64.6 Å². The van der Waals surface area contributed by atoms with Crippen molar-refractivity contribution in [2.45, 2.75) is 117 Å². The van der Waals surface area contributed by atoms with Gasteiger partial charge in [0.25, 0.3) is 26.8 Å². The summed E-state index contributed by atoms with van der Waals surface area (Å²) >= 11 is 0. The lowest BCUT2D eigenvalue weighted by atomic mass is 9.99. The van der Waals surface area contributed by atoms with Gasteiger partial charge in [-0.15, -0.1) is 12.4 Å². The van der Waals surface area contributed by atoms with E-state index in [0.717, 1.165) is 124 Å². The van der Waals surface area contributed by atoms with Crippen molar-refractivity contribution in [3.8, 4) is 0 Å². The van der Waals surface area contributed by atoms with E-state index in [-0.39, 0.29) is 66.5 Å². The van der Waals surface area contributed by atoms with Crippen molar-refractivity contribution in [1.82, 2.24) is 35.2 Å². The Morgan fingerprint density at radius 2 is 1.10 bits per heavy atom. The number of aromatic amines is 3. The Morgan fingerprint density at radius 1 is 0.675 bits per heavy atom. The van der Waals surface area contributed by atoms with Gasteiger partial charge in [0.15, 0.2) is 17.4 Å². The highest BCUT2D eigenvalue weighted by Crippen LogP contribution is 2.30. The smallest absolute Gasteiger partial charge is 0.264 e. The minimum Gasteiger partial charge on any atom is -0.396 e. The summed E-state index contributed by atoms with van der Waals surface area (Å²) in [6.45, 7) is 16.6. The molecule has 0 saturated carbocycles. The topological polar surface area (TPSA) is 315 Å². The number of halogens is 1. The van der Waals surface area contributed by atoms with Crippen molar-refractivity contribution in [1.29, 1.82) is 0 Å². The summed E-state index contributed by atoms with van der Waals surface area (Å²) in [5.41, 5.74) is 11.5. The van der Waals surface area contributed by atoms with Crippen molar-refractivity contribution in [2.24, 2.45) is 29.4 Å². The number of ether oxygens (including phenoxy) is 6. The number of rotatable bonds is 15. The molecule has 3 aromatic heterocycles. The van der Waals surface area contributed by atoms with E-state index in [1.54, 1.807) is 0 Å². The molecule has 6 heterocycles. The van der Waals surface area contributed by atoms with Crippen LogP contribution in [0.15, 0.2) is 51.6 Å². The zero-order valence-corrected chi connectivity index (χ0v) is 47.9. The molecule has 3 aliphatic carbocycles. The molecule has 0 atom stereocenters. The number of aliphatic hydroxyl groups excluding tert-OH is 2. The lowest BCUT2D eigenvalue weighted by Crippen LogP contribution is -2.42. The number of nitrogens with one attached hydrogen (secondary N) is 4. The molecule has 3 fully saturated rings. The third-order valence-corrected chi connectivity index (χ3v) is 13.4. The van der Waals surface area contributed by atoms with Gasteiger partial charge in [0.1, 0.15) is 0 Å². The molecule has 8 N–H and O–H groups in total. The number of hydrogen-bond acceptors (Lipinski definition) is 19. The van der Waals surface area contributed by atoms with Crippen molar-refractivity contribution >= 4 is 39.7 Å². The number of aromatic nitrogens is 6. The summed E-state index contributed by atoms with van der Waals surface area (Å²) < 4.78 is 59.0. The van der Waals surface area contributed by atoms with E-state index in [0.29, 0.717) is 37.9 Å². The first-order valence-electron chi connectivity index (χ1n) is 26.0. The molecule has 9 rings (SSSR count). The zero-order chi connectivity index (χ0) is 55.9. The molecule has 24 heteroatoms. The van der Waals surface area contributed by atoms with Gasteiger partial charge >= 0.3 is 0 Å². The molecule has 3 aromatic rings. The number of allylic oxidation sites excluding steroid dienone is 5. The zero-order valence-electron chi connectivity index (χ0n) is 46.3. The van der Waals surface area contributed by atoms with Crippen LogP contribution in [0.2, 0.25) is 0 Å². The number of hydrogen-bond donors (Lipinski definition) is 7. The molecule has 22 nitrogen and oxygen atoms in total. The molecule has 6 aliphatic rings. The highest BCUT2D eigenvalue weighted by atomic mass is 35.5. The quantitative estimate of drug-likeness (QED) is 0.106. The number of nitrogens with zero attached hydrogens (tertiary/aromatic N) is 3. The number of aliphatic hydroxyl groups is 2. The normalized spacial score (nSPS) is 18.8. The SMILES string of the molecule is CC1(C)OCC(CCCC2=CCc3c2nc[nH]c3=O)CO1.CC1(C)OCC(COS(C)(=O)=O)CO1.CN.CNCC1COC(C)(C)OC1.Cl.O=c1[nH]cnc2c1CC=C2.O=c1[nH]cnc2c1CC=C2CCCC(CO)CO. The van der Waals surface area contributed by atoms with E-state index >= 15 is 0 Å². The first-order chi connectivity index (χ1) is 36.1. The molecular formula is C53H85ClN8O14S. The van der Waals surface area contributed by atoms with Crippen molar-refractivity contribution in [3.63, 3.8) is 0 Å². The summed E-state index contributed by atoms with van der Waals surface area (Å²) in [4.78, 5) is 54.4. The second-order valence-corrected chi connectivity index (χ2v) is 22.1. The van der Waals surface area contributed by atoms with Gasteiger partial charge in [-0.3, -0.25) is 18.6 Å². The third-order valence-electron chi connectivity index (χ3n) is 12.8. The van der Waals surface area contributed by atoms with Crippen LogP contribution in [0.5, 0.6) is 0 Å². The van der Waals surface area contributed by atoms with Gasteiger partial charge in [-0.05, 0) is 131 Å². The largest absolute Gasteiger partial charge is 0.396 e. The summed E-state index contributed by atoms with van der Waals surface area (Å²) in [7, 11) is 0.0808. The maximum Gasteiger partial charge on any atom is 0.264 e. The number of fused-ring (bicyclic) bond motifs is 3. The highest BCUT2D eigenvalue weighted by Gasteiger charge is 2.31. The van der Waals surface area contributed by atoms with Crippen LogP contribution in [0, 0.1) is 23.7 Å². The molecule has 434 valence electrons. The Kier molecular flexibility index (Phi) is 28.4. The van der Waals surface area contributed by atoms with Gasteiger partial charge in [0.2, 0.25) is 0 Å². The minimum atomic E-state index is -3.36. The fraction of sp³-hybridized carbons (Fsp3) is 0.660. The lowest BCUT2D eigenvalue weighted by Gasteiger charge is -2.35. The molecule has 3 aliphatic heterocycles. The van der Waals surface area contributed by atoms with Gasteiger partial charge in [-0.1, -0.05) is 18.2 Å². The van der Waals surface area contributed by atoms with E-state index in [4.69, 9.17) is 38.6 Å². The fourth-order valence-corrected chi connectivity index (χ4v) is 8.86. The summed E-state index contributed by atoms with van der Waals surface area (Å²) in [6, 6.07) is 0. The van der Waals surface area contributed by atoms with Crippen molar-refractivity contribution in [3.05, 3.63) is 102 Å². The molecule has 0 amide bonds. The second kappa shape index (κ2) is 32.7. The second-order valence-electron chi connectivity index (χ2n) is 20.4. The Balaban J connectivity index is 0.000000257. The molecule has 3 saturated heterocycles. The number of nitrogens with two attached hydrogens (primary N) is 1. The van der Waals surface area contributed by atoms with Gasteiger partial charge in [-0.25, -0.2) is 15.0 Å². The monoisotopic (exact) mass is 1120 g/mol. The molecule has 0 unspecified atom stereocenters. The first-order valence-corrected chi connectivity index (χ1v) is 27.8. The standard InChI is InChI=1S/C16H22N2O3.C13H18N2O3.C8H17NO2.C8H16O5S.C7H6N2O.CH5N.ClH/c1-16(2)20-8-11(9-21-16)4-3-5-12-6-7-13-14(12)17-10-18-15(13)19;16-6-9(7-17)2-1-3-10-4-5-11-12(10)14-8-15-13(11)18;1-8(2)10-5-7(4-9-3)6-11-8;1-8(2)11-4-7(5-12-8)6-13-14(3,9)10;10-7-5-2-1-3-6(5)8-4-9-7;1-2;/h6,10-11H,3-5,7-9H2,1-2H3,(H,17,18,19);4,8-9,16-17H,1-3,5-7H2,(H,14,15,18);7,9H,4-6H2,1-3H3;7H,4-6H2,1-3H3;1,3-4H,2H2,(H,8,9,10);2H2,1H3;1H. The van der Waals surface area contributed by atoms with Crippen LogP contribution >= 0.6 is 12.4 Å².